The third-order valence-corrected chi connectivity index (χ3v) is 4.81. The first kappa shape index (κ1) is 17.5. The van der Waals surface area contributed by atoms with Crippen molar-refractivity contribution in [2.45, 2.75) is 6.92 Å². The molecule has 1 aliphatic heterocycles. The van der Waals surface area contributed by atoms with Gasteiger partial charge >= 0.3 is 0 Å². The van der Waals surface area contributed by atoms with Gasteiger partial charge in [0.2, 0.25) is 0 Å². The quantitative estimate of drug-likeness (QED) is 0.445. The summed E-state index contributed by atoms with van der Waals surface area (Å²) in [5.41, 5.74) is 5.30. The molecule has 0 unspecified atom stereocenters. The topological polar surface area (TPSA) is 52.7 Å². The maximum atomic E-state index is 12.6. The van der Waals surface area contributed by atoms with Crippen molar-refractivity contribution in [3.05, 3.63) is 63.2 Å². The Morgan fingerprint density at radius 1 is 1.08 bits per heavy atom. The van der Waals surface area contributed by atoms with E-state index in [0.717, 1.165) is 21.4 Å². The first-order chi connectivity index (χ1) is 12.0. The minimum atomic E-state index is -0.390. The van der Waals surface area contributed by atoms with Gasteiger partial charge in [-0.05, 0) is 77.6 Å². The van der Waals surface area contributed by atoms with Crippen LogP contribution in [0.2, 0.25) is 0 Å². The van der Waals surface area contributed by atoms with Crippen LogP contribution >= 0.6 is 22.6 Å². The van der Waals surface area contributed by atoms with E-state index in [0.29, 0.717) is 5.69 Å². The lowest BCUT2D eigenvalue weighted by atomic mass is 10.1. The van der Waals surface area contributed by atoms with Crippen molar-refractivity contribution < 1.29 is 9.59 Å². The van der Waals surface area contributed by atoms with E-state index >= 15 is 0 Å². The predicted octanol–water partition coefficient (Wildman–Crippen LogP) is 3.21. The Hall–Kier alpha value is -2.35. The Morgan fingerprint density at radius 3 is 2.32 bits per heavy atom. The summed E-state index contributed by atoms with van der Waals surface area (Å²) in [6.07, 6.45) is 1.63. The molecular formula is C19H18IN3O2. The molecule has 1 N–H and O–H groups in total. The fourth-order valence-corrected chi connectivity index (χ4v) is 2.86. The number of hydrogen-bond acceptors (Lipinski definition) is 3. The predicted molar refractivity (Wildman–Crippen MR) is 108 cm³/mol. The van der Waals surface area contributed by atoms with Crippen molar-refractivity contribution >= 4 is 51.9 Å². The van der Waals surface area contributed by atoms with E-state index in [1.807, 2.05) is 43.4 Å². The van der Waals surface area contributed by atoms with Crippen LogP contribution in [0.5, 0.6) is 0 Å². The molecule has 0 saturated carbocycles. The summed E-state index contributed by atoms with van der Waals surface area (Å²) in [5, 5.41) is 1.28. The highest BCUT2D eigenvalue weighted by Gasteiger charge is 2.34. The number of rotatable bonds is 4. The van der Waals surface area contributed by atoms with Crippen molar-refractivity contribution in [2.24, 2.45) is 0 Å². The molecule has 1 heterocycles. The summed E-state index contributed by atoms with van der Waals surface area (Å²) < 4.78 is 1.06. The molecule has 0 atom stereocenters. The van der Waals surface area contributed by atoms with Gasteiger partial charge in [-0.25, -0.2) is 5.01 Å². The highest BCUT2D eigenvalue weighted by Crippen LogP contribution is 2.23. The maximum absolute atomic E-state index is 12.6. The molecule has 2 aromatic carbocycles. The molecular weight excluding hydrogens is 429 g/mol. The molecule has 0 aromatic heterocycles. The lowest BCUT2D eigenvalue weighted by Crippen LogP contribution is -2.35. The molecule has 3 rings (SSSR count). The highest BCUT2D eigenvalue weighted by atomic mass is 127. The Balaban J connectivity index is 1.84. The van der Waals surface area contributed by atoms with Crippen LogP contribution in [-0.2, 0) is 9.59 Å². The molecule has 0 bridgehead atoms. The van der Waals surface area contributed by atoms with Crippen LogP contribution in [0.15, 0.2) is 54.1 Å². The molecule has 2 aromatic rings. The van der Waals surface area contributed by atoms with Crippen molar-refractivity contribution in [1.29, 1.82) is 0 Å². The van der Waals surface area contributed by atoms with Crippen molar-refractivity contribution in [2.75, 3.05) is 23.5 Å². The third kappa shape index (κ3) is 3.68. The number of hydrazine groups is 1. The largest absolute Gasteiger partial charge is 0.375 e. The van der Waals surface area contributed by atoms with E-state index in [2.05, 4.69) is 39.8 Å². The zero-order valence-corrected chi connectivity index (χ0v) is 16.1. The number of carbonyl (C=O) groups is 2. The van der Waals surface area contributed by atoms with Crippen LogP contribution < -0.4 is 15.3 Å². The Kier molecular flexibility index (Phi) is 5.08. The number of carbonyl (C=O) groups excluding carboxylic acids is 2. The molecule has 5 nitrogen and oxygen atoms in total. The van der Waals surface area contributed by atoms with Gasteiger partial charge in [0, 0.05) is 22.8 Å². The fraction of sp³-hybridized carbons (Fsp3) is 0.158. The first-order valence-electron chi connectivity index (χ1n) is 7.93. The van der Waals surface area contributed by atoms with Crippen LogP contribution in [0, 0.1) is 3.57 Å². The van der Waals surface area contributed by atoms with Crippen LogP contribution in [0.25, 0.3) is 6.08 Å². The lowest BCUT2D eigenvalue weighted by Gasteiger charge is -2.16. The zero-order valence-electron chi connectivity index (χ0n) is 14.0. The van der Waals surface area contributed by atoms with E-state index in [4.69, 9.17) is 0 Å². The Labute approximate surface area is 160 Å². The van der Waals surface area contributed by atoms with E-state index in [9.17, 15) is 9.59 Å². The number of benzene rings is 2. The molecule has 25 heavy (non-hydrogen) atoms. The molecule has 0 spiro atoms. The first-order valence-corrected chi connectivity index (χ1v) is 9.01. The molecule has 128 valence electrons. The average Bonchev–Trinajstić information content (AvgIpc) is 2.90. The van der Waals surface area contributed by atoms with Gasteiger partial charge < -0.3 is 4.90 Å². The van der Waals surface area contributed by atoms with E-state index in [1.165, 1.54) is 5.01 Å². The van der Waals surface area contributed by atoms with Gasteiger partial charge in [-0.15, -0.1) is 0 Å². The van der Waals surface area contributed by atoms with Crippen LogP contribution in [0.4, 0.5) is 11.4 Å². The number of nitrogens with zero attached hydrogens (tertiary/aromatic N) is 2. The van der Waals surface area contributed by atoms with Gasteiger partial charge in [-0.2, -0.15) is 0 Å². The molecule has 1 saturated heterocycles. The maximum Gasteiger partial charge on any atom is 0.282 e. The molecule has 1 aliphatic rings. The summed E-state index contributed by atoms with van der Waals surface area (Å²) in [6, 6.07) is 15.1. The fourth-order valence-electron chi connectivity index (χ4n) is 2.50. The van der Waals surface area contributed by atoms with Gasteiger partial charge in [-0.3, -0.25) is 15.0 Å². The normalized spacial score (nSPS) is 15.6. The van der Waals surface area contributed by atoms with E-state index in [-0.39, 0.29) is 11.5 Å². The zero-order chi connectivity index (χ0) is 18.0. The van der Waals surface area contributed by atoms with Crippen LogP contribution in [0.1, 0.15) is 12.5 Å². The smallest absolute Gasteiger partial charge is 0.282 e. The van der Waals surface area contributed by atoms with Gasteiger partial charge in [0.1, 0.15) is 5.57 Å². The molecule has 0 aliphatic carbocycles. The lowest BCUT2D eigenvalue weighted by molar-refractivity contribution is -0.117. The number of amides is 2. The average molecular weight is 447 g/mol. The third-order valence-electron chi connectivity index (χ3n) is 4.10. The SMILES string of the molecule is CCN(C)c1ccc(/C=C2/C(=O)NN(c3ccc(I)cc3)C2=O)cc1. The Bertz CT molecular complexity index is 829. The minimum absolute atomic E-state index is 0.134. The highest BCUT2D eigenvalue weighted by molar-refractivity contribution is 14.1. The van der Waals surface area contributed by atoms with Crippen molar-refractivity contribution in [1.82, 2.24) is 5.43 Å². The second kappa shape index (κ2) is 7.26. The summed E-state index contributed by atoms with van der Waals surface area (Å²) >= 11 is 2.19. The summed E-state index contributed by atoms with van der Waals surface area (Å²) in [4.78, 5) is 26.9. The summed E-state index contributed by atoms with van der Waals surface area (Å²) in [5.74, 6) is -0.737. The van der Waals surface area contributed by atoms with E-state index < -0.39 is 5.91 Å². The van der Waals surface area contributed by atoms with Gasteiger partial charge in [0.25, 0.3) is 11.8 Å². The molecule has 2 amide bonds. The monoisotopic (exact) mass is 447 g/mol. The van der Waals surface area contributed by atoms with Crippen LogP contribution in [-0.4, -0.2) is 25.4 Å². The van der Waals surface area contributed by atoms with Crippen LogP contribution in [0.3, 0.4) is 0 Å². The second-order valence-electron chi connectivity index (χ2n) is 5.72. The van der Waals surface area contributed by atoms with Crippen molar-refractivity contribution in [3.8, 4) is 0 Å². The number of nitrogens with one attached hydrogen (secondary N) is 1. The second-order valence-corrected chi connectivity index (χ2v) is 6.97. The number of anilines is 2. The van der Waals surface area contributed by atoms with Gasteiger partial charge in [-0.1, -0.05) is 12.1 Å². The van der Waals surface area contributed by atoms with Crippen molar-refractivity contribution in [3.63, 3.8) is 0 Å². The van der Waals surface area contributed by atoms with Gasteiger partial charge in [0.05, 0.1) is 5.69 Å². The number of halogens is 1. The Morgan fingerprint density at radius 2 is 1.72 bits per heavy atom. The standard InChI is InChI=1S/C19H18IN3O2/c1-3-22(2)15-8-4-13(5-9-15)12-17-18(24)21-23(19(17)25)16-10-6-14(20)7-11-16/h4-12H,3H2,1-2H3,(H,21,24)/b17-12-. The van der Waals surface area contributed by atoms with Gasteiger partial charge in [0.15, 0.2) is 0 Å². The van der Waals surface area contributed by atoms with E-state index in [1.54, 1.807) is 18.2 Å². The number of hydrogen-bond donors (Lipinski definition) is 1. The molecule has 1 fully saturated rings. The molecule has 0 radical (unpaired) electrons. The summed E-state index contributed by atoms with van der Waals surface area (Å²) in [7, 11) is 2.01. The molecule has 6 heteroatoms. The summed E-state index contributed by atoms with van der Waals surface area (Å²) in [6.45, 7) is 2.99. The minimum Gasteiger partial charge on any atom is -0.375 e.